The van der Waals surface area contributed by atoms with E-state index in [0.717, 1.165) is 55.4 Å². The van der Waals surface area contributed by atoms with Gasteiger partial charge in [0, 0.05) is 6.42 Å². The molecule has 13 heavy (non-hydrogen) atoms. The van der Waals surface area contributed by atoms with Gasteiger partial charge in [-0.15, -0.1) is 0 Å². The van der Waals surface area contributed by atoms with Gasteiger partial charge in [0.15, 0.2) is 0 Å². The fourth-order valence-corrected chi connectivity index (χ4v) is 2.80. The van der Waals surface area contributed by atoms with E-state index in [-0.39, 0.29) is 0 Å². The summed E-state index contributed by atoms with van der Waals surface area (Å²) in [6.45, 7) is 1.84. The normalized spacial score (nSPS) is 17.5. The van der Waals surface area contributed by atoms with Crippen molar-refractivity contribution in [1.82, 2.24) is 0 Å². The molecule has 0 aliphatic heterocycles. The topological polar surface area (TPSA) is 37.3 Å². The van der Waals surface area contributed by atoms with Crippen molar-refractivity contribution in [3.63, 3.8) is 0 Å². The summed E-state index contributed by atoms with van der Waals surface area (Å²) in [7, 11) is 0. The van der Waals surface area contributed by atoms with Crippen LogP contribution in [0.4, 0.5) is 0 Å². The van der Waals surface area contributed by atoms with Gasteiger partial charge in [0.1, 0.15) is 0 Å². The fourth-order valence-electron chi connectivity index (χ4n) is 1.52. The number of rotatable bonds is 2. The molecular formula is C10H19KO2. The van der Waals surface area contributed by atoms with Crippen LogP contribution in [0.3, 0.4) is 0 Å². The minimum absolute atomic E-state index is 0.292. The predicted octanol–water partition coefficient (Wildman–Crippen LogP) is 2.78. The molecule has 0 spiro atoms. The first-order valence-corrected chi connectivity index (χ1v) is 7.19. The van der Waals surface area contributed by atoms with Gasteiger partial charge in [0.05, 0.1) is 0 Å². The predicted molar refractivity (Wildman–Crippen MR) is 55.1 cm³/mol. The van der Waals surface area contributed by atoms with Crippen molar-refractivity contribution < 1.29 is 9.90 Å². The summed E-state index contributed by atoms with van der Waals surface area (Å²) in [5, 5.41) is 7.91. The Bertz CT molecular complexity index is 131. The summed E-state index contributed by atoms with van der Waals surface area (Å²) < 4.78 is 1.22. The van der Waals surface area contributed by atoms with Gasteiger partial charge in [-0.3, -0.25) is 4.79 Å². The maximum atomic E-state index is 9.60. The average Bonchev–Trinajstić information content (AvgIpc) is 2.06. The molecule has 1 aliphatic carbocycles. The summed E-state index contributed by atoms with van der Waals surface area (Å²) >= 11 is 1.13. The Hall–Kier alpha value is 1.11. The molecule has 0 amide bonds. The summed E-state index contributed by atoms with van der Waals surface area (Å²) in [6.07, 6.45) is 8.75. The molecular weight excluding hydrogens is 191 g/mol. The van der Waals surface area contributed by atoms with E-state index in [1.807, 2.05) is 6.92 Å². The second kappa shape index (κ2) is 9.65. The van der Waals surface area contributed by atoms with Crippen LogP contribution in [0, 0.1) is 0 Å². The van der Waals surface area contributed by atoms with Gasteiger partial charge < -0.3 is 5.11 Å². The van der Waals surface area contributed by atoms with Crippen LogP contribution in [0.2, 0.25) is 0.0125 Å². The van der Waals surface area contributed by atoms with Gasteiger partial charge in [-0.25, -0.2) is 0 Å². The molecule has 1 fully saturated rings. The van der Waals surface area contributed by atoms with E-state index in [1.54, 1.807) is 12.8 Å². The molecule has 1 saturated carbocycles. The van der Waals surface area contributed by atoms with E-state index in [0.29, 0.717) is 6.42 Å². The van der Waals surface area contributed by atoms with E-state index < -0.39 is 5.97 Å². The summed E-state index contributed by atoms with van der Waals surface area (Å²) in [6, 6.07) is 0. The van der Waals surface area contributed by atoms with E-state index >= 15 is 0 Å². The number of hydrogen-bond acceptors (Lipinski definition) is 1. The first-order valence-electron chi connectivity index (χ1n) is 5.38. The van der Waals surface area contributed by atoms with Crippen LogP contribution >= 0.6 is 0 Å². The monoisotopic (exact) mass is 210 g/mol. The fraction of sp³-hybridized carbons (Fsp3) is 0.900. The number of hydrogen-bond donors (Lipinski definition) is 1. The van der Waals surface area contributed by atoms with Gasteiger partial charge >= 0.3 is 87.0 Å². The molecule has 0 atom stereocenters. The molecule has 72 valence electrons. The van der Waals surface area contributed by atoms with E-state index in [1.165, 1.54) is 19.3 Å². The second-order valence-corrected chi connectivity index (χ2v) is 6.44. The SMILES string of the molecule is CCCC(=O)O.[K][CH]1CCCCC1. The zero-order chi connectivity index (χ0) is 10.1. The Labute approximate surface area is 115 Å². The molecule has 0 radical (unpaired) electrons. The third kappa shape index (κ3) is 11.0. The zero-order valence-corrected chi connectivity index (χ0v) is 12.0. The van der Waals surface area contributed by atoms with Gasteiger partial charge in [-0.05, 0) is 6.42 Å². The van der Waals surface area contributed by atoms with E-state index in [4.69, 9.17) is 5.11 Å². The van der Waals surface area contributed by atoms with Crippen molar-refractivity contribution in [1.29, 1.82) is 0 Å². The Morgan fingerprint density at radius 1 is 1.38 bits per heavy atom. The molecule has 0 saturated heterocycles. The number of carboxylic acid groups (broad SMARTS) is 1. The van der Waals surface area contributed by atoms with Gasteiger partial charge in [0.25, 0.3) is 0 Å². The second-order valence-electron chi connectivity index (χ2n) is 3.89. The Morgan fingerprint density at radius 3 is 2.08 bits per heavy atom. The molecule has 2 nitrogen and oxygen atoms in total. The quantitative estimate of drug-likeness (QED) is 0.712. The van der Waals surface area contributed by atoms with Gasteiger partial charge in [0.2, 0.25) is 0 Å². The van der Waals surface area contributed by atoms with Crippen LogP contribution in [0.5, 0.6) is 0 Å². The summed E-state index contributed by atoms with van der Waals surface area (Å²) in [4.78, 5) is 9.60. The molecule has 1 rings (SSSR count). The van der Waals surface area contributed by atoms with Crippen molar-refractivity contribution >= 4 is 54.9 Å². The molecule has 0 bridgehead atoms. The summed E-state index contributed by atoms with van der Waals surface area (Å²) in [5.74, 6) is -0.711. The van der Waals surface area contributed by atoms with Crippen LogP contribution in [-0.4, -0.2) is 60.0 Å². The van der Waals surface area contributed by atoms with Crippen molar-refractivity contribution in [3.05, 3.63) is 0 Å². The van der Waals surface area contributed by atoms with Crippen LogP contribution in [0.1, 0.15) is 51.9 Å². The zero-order valence-electron chi connectivity index (χ0n) is 8.88. The third-order valence-electron chi connectivity index (χ3n) is 2.36. The van der Waals surface area contributed by atoms with Crippen molar-refractivity contribution in [2.75, 3.05) is 0 Å². The van der Waals surface area contributed by atoms with Crippen molar-refractivity contribution in [3.8, 4) is 0 Å². The van der Waals surface area contributed by atoms with Gasteiger partial charge in [-0.1, -0.05) is 6.92 Å². The molecule has 1 aliphatic rings. The molecule has 0 heterocycles. The Kier molecular flexibility index (Phi) is 10.5. The number of aliphatic carboxylic acids is 1. The van der Waals surface area contributed by atoms with Crippen LogP contribution in [0.15, 0.2) is 0 Å². The molecule has 3 heteroatoms. The molecule has 0 unspecified atom stereocenters. The van der Waals surface area contributed by atoms with Crippen LogP contribution < -0.4 is 0 Å². The minimum atomic E-state index is -0.711. The molecule has 0 aromatic rings. The number of carboxylic acids is 1. The molecule has 0 aromatic heterocycles. The summed E-state index contributed by atoms with van der Waals surface area (Å²) in [5.41, 5.74) is 0. The Balaban J connectivity index is 0.000000226. The molecule has 1 N–H and O–H groups in total. The van der Waals surface area contributed by atoms with Crippen LogP contribution in [0.25, 0.3) is 0 Å². The van der Waals surface area contributed by atoms with Crippen LogP contribution in [-0.2, 0) is 4.79 Å². The average molecular weight is 210 g/mol. The standard InChI is InChI=1S/C6H11.C4H8O2.K/c1-2-4-6-5-3-1;1-2-3-4(5)6;/h1H,2-6H2;2-3H2,1H3,(H,5,6);. The van der Waals surface area contributed by atoms with Crippen molar-refractivity contribution in [2.45, 2.75) is 51.9 Å². The Morgan fingerprint density at radius 2 is 1.92 bits per heavy atom. The number of carbonyl (C=O) groups is 1. The van der Waals surface area contributed by atoms with Gasteiger partial charge in [-0.2, -0.15) is 0 Å². The molecule has 0 aromatic carbocycles. The van der Waals surface area contributed by atoms with E-state index in [2.05, 4.69) is 0 Å². The third-order valence-corrected chi connectivity index (χ3v) is 4.16. The first kappa shape index (κ1) is 14.1. The first-order chi connectivity index (χ1) is 6.16. The van der Waals surface area contributed by atoms with E-state index in [9.17, 15) is 4.79 Å². The maximum absolute atomic E-state index is 9.60. The van der Waals surface area contributed by atoms with Crippen molar-refractivity contribution in [2.24, 2.45) is 0 Å².